The van der Waals surface area contributed by atoms with E-state index in [0.717, 1.165) is 16.8 Å². The van der Waals surface area contributed by atoms with E-state index in [4.69, 9.17) is 0 Å². The molecule has 0 fully saturated rings. The fraction of sp³-hybridized carbons (Fsp3) is 0.100. The van der Waals surface area contributed by atoms with Gasteiger partial charge in [0, 0.05) is 10.9 Å². The number of aromatic nitrogens is 2. The van der Waals surface area contributed by atoms with Crippen LogP contribution in [0, 0.1) is 13.8 Å². The molecule has 4 aromatic rings. The summed E-state index contributed by atoms with van der Waals surface area (Å²) in [5.74, 6) is -0.977. The van der Waals surface area contributed by atoms with Crippen molar-refractivity contribution in [2.45, 2.75) is 13.8 Å². The first-order chi connectivity index (χ1) is 12.1. The van der Waals surface area contributed by atoms with Crippen molar-refractivity contribution in [3.05, 3.63) is 70.7 Å². The molecule has 4 rings (SSSR count). The summed E-state index contributed by atoms with van der Waals surface area (Å²) in [6.07, 6.45) is 0. The van der Waals surface area contributed by atoms with Gasteiger partial charge < -0.3 is 5.11 Å². The second-order valence-electron chi connectivity index (χ2n) is 6.02. The molecule has 0 saturated carbocycles. The molecule has 0 amide bonds. The number of aromatic carboxylic acids is 1. The average Bonchev–Trinajstić information content (AvgIpc) is 3.17. The Hall–Kier alpha value is -2.92. The molecule has 2 aromatic carbocycles. The molecule has 0 spiro atoms. The minimum Gasteiger partial charge on any atom is -0.476 e. The number of imidazole rings is 1. The first-order valence-electron chi connectivity index (χ1n) is 7.92. The van der Waals surface area contributed by atoms with Crippen molar-refractivity contribution in [3.8, 4) is 22.5 Å². The summed E-state index contributed by atoms with van der Waals surface area (Å²) in [7, 11) is 0. The number of carbonyl (C=O) groups is 1. The summed E-state index contributed by atoms with van der Waals surface area (Å²) in [5, 5.41) is 11.8. The van der Waals surface area contributed by atoms with Crippen LogP contribution in [-0.4, -0.2) is 20.5 Å². The second-order valence-corrected chi connectivity index (χ2v) is 6.85. The van der Waals surface area contributed by atoms with E-state index < -0.39 is 5.97 Å². The molecule has 124 valence electrons. The fourth-order valence-corrected chi connectivity index (χ4v) is 3.85. The lowest BCUT2D eigenvalue weighted by Crippen LogP contribution is -2.04. The van der Waals surface area contributed by atoms with Crippen LogP contribution in [0.4, 0.5) is 0 Å². The molecule has 0 aliphatic heterocycles. The molecule has 5 heteroatoms. The monoisotopic (exact) mass is 348 g/mol. The number of aryl methyl sites for hydroxylation is 2. The maximum Gasteiger partial charge on any atom is 0.355 e. The normalized spacial score (nSPS) is 11.1. The summed E-state index contributed by atoms with van der Waals surface area (Å²) in [6.45, 7) is 4.12. The molecule has 0 unspecified atom stereocenters. The molecule has 0 bridgehead atoms. The molecule has 0 radical (unpaired) electrons. The third kappa shape index (κ3) is 2.53. The lowest BCUT2D eigenvalue weighted by atomic mass is 10.0. The number of rotatable bonds is 3. The van der Waals surface area contributed by atoms with Gasteiger partial charge in [-0.1, -0.05) is 42.5 Å². The number of hydrogen-bond acceptors (Lipinski definition) is 3. The number of carboxylic acids is 1. The van der Waals surface area contributed by atoms with Crippen LogP contribution in [0.1, 0.15) is 21.6 Å². The SMILES string of the molecule is Cc1ccc(-c2csc3nc(-c4ccccc4)c(C(=O)O)n23)cc1C. The van der Waals surface area contributed by atoms with Gasteiger partial charge in [0.15, 0.2) is 10.7 Å². The Morgan fingerprint density at radius 3 is 2.48 bits per heavy atom. The van der Waals surface area contributed by atoms with Gasteiger partial charge >= 0.3 is 5.97 Å². The number of benzene rings is 2. The van der Waals surface area contributed by atoms with Crippen LogP contribution in [0.3, 0.4) is 0 Å². The van der Waals surface area contributed by atoms with Crippen LogP contribution in [-0.2, 0) is 0 Å². The van der Waals surface area contributed by atoms with Gasteiger partial charge in [-0.05, 0) is 36.6 Å². The molecule has 1 N–H and O–H groups in total. The predicted octanol–water partition coefficient (Wildman–Crippen LogP) is 5.04. The number of nitrogens with zero attached hydrogens (tertiary/aromatic N) is 2. The topological polar surface area (TPSA) is 54.6 Å². The number of hydrogen-bond donors (Lipinski definition) is 1. The van der Waals surface area contributed by atoms with E-state index in [9.17, 15) is 9.90 Å². The summed E-state index contributed by atoms with van der Waals surface area (Å²) in [6, 6.07) is 15.6. The maximum absolute atomic E-state index is 12.0. The Morgan fingerprint density at radius 2 is 1.80 bits per heavy atom. The predicted molar refractivity (Wildman–Crippen MR) is 100 cm³/mol. The lowest BCUT2D eigenvalue weighted by molar-refractivity contribution is 0.0690. The molecule has 0 atom stereocenters. The van der Waals surface area contributed by atoms with Gasteiger partial charge in [0.2, 0.25) is 0 Å². The van der Waals surface area contributed by atoms with E-state index >= 15 is 0 Å². The minimum absolute atomic E-state index is 0.204. The van der Waals surface area contributed by atoms with Crippen LogP contribution in [0.5, 0.6) is 0 Å². The molecule has 4 nitrogen and oxygen atoms in total. The first kappa shape index (κ1) is 15.6. The largest absolute Gasteiger partial charge is 0.476 e. The summed E-state index contributed by atoms with van der Waals surface area (Å²) in [4.78, 5) is 17.3. The molecule has 0 aliphatic carbocycles. The van der Waals surface area contributed by atoms with Crippen molar-refractivity contribution < 1.29 is 9.90 Å². The van der Waals surface area contributed by atoms with Gasteiger partial charge in [0.25, 0.3) is 0 Å². The third-order valence-corrected chi connectivity index (χ3v) is 5.24. The van der Waals surface area contributed by atoms with Gasteiger partial charge in [-0.25, -0.2) is 9.78 Å². The average molecular weight is 348 g/mol. The zero-order valence-corrected chi connectivity index (χ0v) is 14.7. The maximum atomic E-state index is 12.0. The molecule has 2 heterocycles. The molecule has 25 heavy (non-hydrogen) atoms. The number of thiazole rings is 1. The van der Waals surface area contributed by atoms with Gasteiger partial charge in [0.1, 0.15) is 5.69 Å². The summed E-state index contributed by atoms with van der Waals surface area (Å²) in [5.41, 5.74) is 5.76. The van der Waals surface area contributed by atoms with Crippen LogP contribution in [0.25, 0.3) is 27.5 Å². The zero-order valence-electron chi connectivity index (χ0n) is 13.9. The van der Waals surface area contributed by atoms with Crippen molar-refractivity contribution in [3.63, 3.8) is 0 Å². The molecule has 0 aliphatic rings. The van der Waals surface area contributed by atoms with Crippen LogP contribution >= 0.6 is 11.3 Å². The quantitative estimate of drug-likeness (QED) is 0.564. The highest BCUT2D eigenvalue weighted by molar-refractivity contribution is 7.15. The highest BCUT2D eigenvalue weighted by atomic mass is 32.1. The Bertz CT molecular complexity index is 1090. The van der Waals surface area contributed by atoms with Crippen molar-refractivity contribution in [1.29, 1.82) is 0 Å². The van der Waals surface area contributed by atoms with E-state index in [1.165, 1.54) is 22.5 Å². The van der Waals surface area contributed by atoms with Crippen molar-refractivity contribution >= 4 is 22.3 Å². The molecular weight excluding hydrogens is 332 g/mol. The van der Waals surface area contributed by atoms with E-state index in [0.29, 0.717) is 10.7 Å². The minimum atomic E-state index is -0.977. The van der Waals surface area contributed by atoms with E-state index in [1.807, 2.05) is 41.8 Å². The van der Waals surface area contributed by atoms with E-state index in [2.05, 4.69) is 31.0 Å². The van der Waals surface area contributed by atoms with Crippen LogP contribution in [0.2, 0.25) is 0 Å². The van der Waals surface area contributed by atoms with Crippen molar-refractivity contribution in [1.82, 2.24) is 9.38 Å². The smallest absolute Gasteiger partial charge is 0.355 e. The first-order valence-corrected chi connectivity index (χ1v) is 8.80. The van der Waals surface area contributed by atoms with E-state index in [1.54, 1.807) is 4.40 Å². The molecule has 2 aromatic heterocycles. The Balaban J connectivity index is 2.00. The summed E-state index contributed by atoms with van der Waals surface area (Å²) >= 11 is 1.45. The van der Waals surface area contributed by atoms with E-state index in [-0.39, 0.29) is 5.69 Å². The Morgan fingerprint density at radius 1 is 1.04 bits per heavy atom. The Kier molecular flexibility index (Phi) is 3.66. The van der Waals surface area contributed by atoms with Gasteiger partial charge in [-0.15, -0.1) is 11.3 Å². The van der Waals surface area contributed by atoms with Crippen molar-refractivity contribution in [2.24, 2.45) is 0 Å². The molecule has 0 saturated heterocycles. The highest BCUT2D eigenvalue weighted by Crippen LogP contribution is 2.33. The van der Waals surface area contributed by atoms with Gasteiger partial charge in [-0.3, -0.25) is 4.40 Å². The second kappa shape index (κ2) is 5.86. The highest BCUT2D eigenvalue weighted by Gasteiger charge is 2.23. The van der Waals surface area contributed by atoms with Crippen molar-refractivity contribution in [2.75, 3.05) is 0 Å². The standard InChI is InChI=1S/C20H16N2O2S/c1-12-8-9-15(10-13(12)2)16-11-25-20-21-17(14-6-4-3-5-7-14)18(19(23)24)22(16)20/h3-11H,1-2H3,(H,23,24). The van der Waals surface area contributed by atoms with Gasteiger partial charge in [0.05, 0.1) is 5.69 Å². The zero-order chi connectivity index (χ0) is 17.6. The number of fused-ring (bicyclic) bond motifs is 1. The summed E-state index contributed by atoms with van der Waals surface area (Å²) < 4.78 is 1.75. The molecular formula is C20H16N2O2S. The van der Waals surface area contributed by atoms with Crippen LogP contribution < -0.4 is 0 Å². The van der Waals surface area contributed by atoms with Crippen LogP contribution in [0.15, 0.2) is 53.9 Å². The third-order valence-electron chi connectivity index (χ3n) is 4.42. The Labute approximate surface area is 149 Å². The fourth-order valence-electron chi connectivity index (χ4n) is 2.96. The lowest BCUT2D eigenvalue weighted by Gasteiger charge is -2.06. The number of carboxylic acid groups (broad SMARTS) is 1. The van der Waals surface area contributed by atoms with Gasteiger partial charge in [-0.2, -0.15) is 0 Å².